The highest BCUT2D eigenvalue weighted by atomic mass is 32.3. The van der Waals surface area contributed by atoms with E-state index in [9.17, 15) is 38.2 Å². The Bertz CT molecular complexity index is 1340. The van der Waals surface area contributed by atoms with Gasteiger partial charge >= 0.3 is 10.4 Å². The number of allylic oxidation sites excluding steroid dienone is 1. The topological polar surface area (TPSA) is 192 Å². The Balaban J connectivity index is 2.29. The van der Waals surface area contributed by atoms with Gasteiger partial charge in [0.2, 0.25) is 5.91 Å². The Hall–Kier alpha value is -1.16. The first-order valence-corrected chi connectivity index (χ1v) is 32.4. The molecular formula is C60H117NO11S. The molecule has 0 spiro atoms. The standard InChI is InChI=1S/C60H117NO11S/c1-3-5-7-9-11-13-15-17-19-21-23-24-25-26-27-28-29-30-31-32-34-36-38-40-42-44-46-48-50-56(64)61-53(52-70-60-58(66)59(72-73(67,68)69)57(65)55(51-62)71-60)54(63)49-47-45-43-41-39-37-35-33-22-20-18-16-14-12-10-8-6-4-2/h47,49,53-55,57-60,62-63,65-66H,3-46,48,50-52H2,1-2H3,(H,61,64)(H,67,68,69)/b49-47+. The Morgan fingerprint density at radius 1 is 0.534 bits per heavy atom. The molecule has 0 aromatic carbocycles. The molecule has 12 nitrogen and oxygen atoms in total. The van der Waals surface area contributed by atoms with E-state index < -0.39 is 59.9 Å². The maximum atomic E-state index is 13.1. The fourth-order valence-corrected chi connectivity index (χ4v) is 10.8. The largest absolute Gasteiger partial charge is 0.397 e. The molecule has 0 saturated carbocycles. The minimum absolute atomic E-state index is 0.255. The summed E-state index contributed by atoms with van der Waals surface area (Å²) >= 11 is 0. The predicted molar refractivity (Wildman–Crippen MR) is 301 cm³/mol. The SMILES string of the molecule is CCCCCCCCCCCCCCCCCC/C=C/C(O)C(COC1OC(CO)C(O)C(OS(=O)(=O)O)C1O)NC(=O)CCCCCCCCCCCCCCCCCCCCCCCCCCCCCC. The lowest BCUT2D eigenvalue weighted by Gasteiger charge is -2.41. The van der Waals surface area contributed by atoms with Crippen LogP contribution in [0.2, 0.25) is 0 Å². The highest BCUT2D eigenvalue weighted by molar-refractivity contribution is 7.80. The molecule has 0 aliphatic carbocycles. The van der Waals surface area contributed by atoms with Crippen LogP contribution in [0.15, 0.2) is 12.2 Å². The zero-order chi connectivity index (χ0) is 53.3. The number of ether oxygens (including phenoxy) is 2. The van der Waals surface area contributed by atoms with E-state index in [0.717, 1.165) is 38.5 Å². The molecule has 0 aromatic rings. The molecule has 73 heavy (non-hydrogen) atoms. The number of unbranched alkanes of at least 4 members (excludes halogenated alkanes) is 43. The van der Waals surface area contributed by atoms with E-state index in [0.29, 0.717) is 6.42 Å². The average Bonchev–Trinajstić information content (AvgIpc) is 3.37. The van der Waals surface area contributed by atoms with Crippen LogP contribution < -0.4 is 5.32 Å². The summed E-state index contributed by atoms with van der Waals surface area (Å²) in [6, 6.07) is -0.940. The summed E-state index contributed by atoms with van der Waals surface area (Å²) in [6.45, 7) is 3.45. The van der Waals surface area contributed by atoms with Crippen LogP contribution in [-0.4, -0.2) is 95.4 Å². The number of hydrogen-bond donors (Lipinski definition) is 6. The van der Waals surface area contributed by atoms with Crippen molar-refractivity contribution >= 4 is 16.3 Å². The van der Waals surface area contributed by atoms with Crippen molar-refractivity contribution < 1.29 is 51.8 Å². The van der Waals surface area contributed by atoms with Crippen molar-refractivity contribution in [1.82, 2.24) is 5.32 Å². The molecule has 13 heteroatoms. The first-order chi connectivity index (χ1) is 35.5. The van der Waals surface area contributed by atoms with Gasteiger partial charge in [0.1, 0.15) is 24.4 Å². The van der Waals surface area contributed by atoms with E-state index in [2.05, 4.69) is 23.3 Å². The average molecular weight is 1060 g/mol. The molecule has 1 aliphatic rings. The zero-order valence-electron chi connectivity index (χ0n) is 47.2. The van der Waals surface area contributed by atoms with Gasteiger partial charge < -0.3 is 35.2 Å². The van der Waals surface area contributed by atoms with Gasteiger partial charge in [0.15, 0.2) is 6.29 Å². The smallest absolute Gasteiger partial charge is 0.394 e. The molecule has 0 bridgehead atoms. The molecule has 1 amide bonds. The van der Waals surface area contributed by atoms with Crippen LogP contribution in [0, 0.1) is 0 Å². The molecule has 1 fully saturated rings. The van der Waals surface area contributed by atoms with Crippen molar-refractivity contribution in [1.29, 1.82) is 0 Å². The third-order valence-electron chi connectivity index (χ3n) is 15.1. The number of aliphatic hydroxyl groups excluding tert-OH is 4. The van der Waals surface area contributed by atoms with Crippen LogP contribution in [0.4, 0.5) is 0 Å². The van der Waals surface area contributed by atoms with Crippen LogP contribution in [0.3, 0.4) is 0 Å². The number of rotatable bonds is 55. The van der Waals surface area contributed by atoms with Crippen molar-refractivity contribution in [2.75, 3.05) is 13.2 Å². The van der Waals surface area contributed by atoms with Gasteiger partial charge in [-0.2, -0.15) is 8.42 Å². The molecular weight excluding hydrogens is 943 g/mol. The monoisotopic (exact) mass is 1060 g/mol. The van der Waals surface area contributed by atoms with E-state index in [4.69, 9.17) is 9.47 Å². The fraction of sp³-hybridized carbons (Fsp3) is 0.950. The molecule has 1 aliphatic heterocycles. The number of amides is 1. The number of aliphatic hydroxyl groups is 4. The van der Waals surface area contributed by atoms with E-state index >= 15 is 0 Å². The van der Waals surface area contributed by atoms with E-state index in [1.54, 1.807) is 6.08 Å². The lowest BCUT2D eigenvalue weighted by molar-refractivity contribution is -0.298. The van der Waals surface area contributed by atoms with Gasteiger partial charge in [-0.15, -0.1) is 0 Å². The van der Waals surface area contributed by atoms with Gasteiger partial charge in [-0.3, -0.25) is 9.35 Å². The van der Waals surface area contributed by atoms with E-state index in [1.807, 2.05) is 6.08 Å². The van der Waals surface area contributed by atoms with Crippen LogP contribution in [0.25, 0.3) is 0 Å². The number of nitrogens with one attached hydrogen (secondary N) is 1. The van der Waals surface area contributed by atoms with Gasteiger partial charge in [0.05, 0.1) is 25.4 Å². The predicted octanol–water partition coefficient (Wildman–Crippen LogP) is 15.0. The molecule has 1 heterocycles. The van der Waals surface area contributed by atoms with Crippen molar-refractivity contribution in [3.05, 3.63) is 12.2 Å². The number of carbonyl (C=O) groups excluding carboxylic acids is 1. The van der Waals surface area contributed by atoms with Crippen LogP contribution >= 0.6 is 0 Å². The minimum atomic E-state index is -5.09. The fourth-order valence-electron chi connectivity index (χ4n) is 10.3. The van der Waals surface area contributed by atoms with E-state index in [-0.39, 0.29) is 18.9 Å². The summed E-state index contributed by atoms with van der Waals surface area (Å²) in [4.78, 5) is 13.1. The van der Waals surface area contributed by atoms with Crippen molar-refractivity contribution in [2.45, 2.75) is 352 Å². The highest BCUT2D eigenvalue weighted by Crippen LogP contribution is 2.26. The second-order valence-electron chi connectivity index (χ2n) is 22.0. The number of carbonyl (C=O) groups is 1. The summed E-state index contributed by atoms with van der Waals surface area (Å²) in [7, 11) is -5.09. The van der Waals surface area contributed by atoms with Gasteiger partial charge in [0, 0.05) is 6.42 Å². The van der Waals surface area contributed by atoms with Crippen LogP contribution in [-0.2, 0) is 28.9 Å². The third-order valence-corrected chi connectivity index (χ3v) is 15.5. The second kappa shape index (κ2) is 50.4. The van der Waals surface area contributed by atoms with Crippen LogP contribution in [0.5, 0.6) is 0 Å². The van der Waals surface area contributed by atoms with Gasteiger partial charge in [-0.1, -0.05) is 296 Å². The Kier molecular flexibility index (Phi) is 48.2. The summed E-state index contributed by atoms with van der Waals surface area (Å²) < 4.78 is 47.9. The Morgan fingerprint density at radius 3 is 1.19 bits per heavy atom. The second-order valence-corrected chi connectivity index (χ2v) is 23.1. The normalized spacial score (nSPS) is 19.2. The number of hydrogen-bond acceptors (Lipinski definition) is 10. The van der Waals surface area contributed by atoms with Crippen LogP contribution in [0.1, 0.15) is 309 Å². The lowest BCUT2D eigenvalue weighted by atomic mass is 9.99. The third kappa shape index (κ3) is 42.5. The quantitative estimate of drug-likeness (QED) is 0.0193. The Labute approximate surface area is 449 Å². The van der Waals surface area contributed by atoms with Gasteiger partial charge in [-0.05, 0) is 19.3 Å². The summed E-state index contributed by atoms with van der Waals surface area (Å²) in [5.74, 6) is -0.255. The molecule has 0 radical (unpaired) electrons. The minimum Gasteiger partial charge on any atom is -0.394 e. The molecule has 1 rings (SSSR count). The molecule has 1 saturated heterocycles. The first-order valence-electron chi connectivity index (χ1n) is 31.1. The molecule has 6 N–H and O–H groups in total. The maximum Gasteiger partial charge on any atom is 0.397 e. The van der Waals surface area contributed by atoms with Crippen molar-refractivity contribution in [3.63, 3.8) is 0 Å². The van der Waals surface area contributed by atoms with E-state index in [1.165, 1.54) is 244 Å². The summed E-state index contributed by atoms with van der Waals surface area (Å²) in [6.07, 6.45) is 52.7. The lowest BCUT2D eigenvalue weighted by Crippen LogP contribution is -2.61. The summed E-state index contributed by atoms with van der Waals surface area (Å²) in [5.41, 5.74) is 0. The van der Waals surface area contributed by atoms with Gasteiger partial charge in [-0.25, -0.2) is 4.18 Å². The van der Waals surface area contributed by atoms with Crippen molar-refractivity contribution in [2.24, 2.45) is 0 Å². The summed E-state index contributed by atoms with van der Waals surface area (Å²) in [5, 5.41) is 45.0. The highest BCUT2D eigenvalue weighted by Gasteiger charge is 2.48. The Morgan fingerprint density at radius 2 is 0.863 bits per heavy atom. The first kappa shape index (κ1) is 69.9. The maximum absolute atomic E-state index is 13.1. The molecule has 0 aromatic heterocycles. The van der Waals surface area contributed by atoms with Gasteiger partial charge in [0.25, 0.3) is 0 Å². The molecule has 434 valence electrons. The molecule has 7 atom stereocenters. The molecule has 7 unspecified atom stereocenters. The zero-order valence-corrected chi connectivity index (χ0v) is 48.0. The van der Waals surface area contributed by atoms with Crippen molar-refractivity contribution in [3.8, 4) is 0 Å².